The highest BCUT2D eigenvalue weighted by Crippen LogP contribution is 2.21. The van der Waals surface area contributed by atoms with Gasteiger partial charge in [-0.3, -0.25) is 0 Å². The van der Waals surface area contributed by atoms with Crippen LogP contribution in [0.1, 0.15) is 24.6 Å². The quantitative estimate of drug-likeness (QED) is 0.851. The Labute approximate surface area is 98.7 Å². The van der Waals surface area contributed by atoms with E-state index in [1.165, 1.54) is 0 Å². The van der Waals surface area contributed by atoms with Crippen LogP contribution >= 0.6 is 0 Å². The number of hydrogen-bond acceptors (Lipinski definition) is 6. The highest BCUT2D eigenvalue weighted by molar-refractivity contribution is 5.44. The van der Waals surface area contributed by atoms with Crippen molar-refractivity contribution in [2.45, 2.75) is 19.9 Å². The molecule has 0 aliphatic heterocycles. The van der Waals surface area contributed by atoms with Crippen molar-refractivity contribution >= 4 is 0 Å². The molecule has 0 aromatic carbocycles. The van der Waals surface area contributed by atoms with Gasteiger partial charge >= 0.3 is 0 Å². The lowest BCUT2D eigenvalue weighted by Gasteiger charge is -2.05. The van der Waals surface area contributed by atoms with Crippen LogP contribution in [0.2, 0.25) is 0 Å². The number of nitrogens with zero attached hydrogens (tertiary/aromatic N) is 2. The standard InChI is InChI=1S/C11H15N3O3/c1-3-15-6-8(12)10-13-11(17-14-10)9-5-4-7(2)16-9/h4-5,8H,3,6,12H2,1-2H3. The summed E-state index contributed by atoms with van der Waals surface area (Å²) in [6.45, 7) is 4.73. The molecule has 6 nitrogen and oxygen atoms in total. The Morgan fingerprint density at radius 2 is 2.29 bits per heavy atom. The van der Waals surface area contributed by atoms with Crippen LogP contribution in [0.15, 0.2) is 21.1 Å². The molecule has 0 amide bonds. The molecule has 6 heteroatoms. The van der Waals surface area contributed by atoms with Crippen molar-refractivity contribution in [1.29, 1.82) is 0 Å². The summed E-state index contributed by atoms with van der Waals surface area (Å²) < 4.78 is 15.6. The van der Waals surface area contributed by atoms with E-state index in [0.717, 1.165) is 5.76 Å². The SMILES string of the molecule is CCOCC(N)c1noc(-c2ccc(C)o2)n1. The highest BCUT2D eigenvalue weighted by Gasteiger charge is 2.17. The van der Waals surface area contributed by atoms with E-state index in [2.05, 4.69) is 10.1 Å². The predicted molar refractivity (Wildman–Crippen MR) is 60.2 cm³/mol. The largest absolute Gasteiger partial charge is 0.456 e. The summed E-state index contributed by atoms with van der Waals surface area (Å²) in [4.78, 5) is 4.17. The van der Waals surface area contributed by atoms with Gasteiger partial charge in [0.15, 0.2) is 11.6 Å². The van der Waals surface area contributed by atoms with E-state index >= 15 is 0 Å². The highest BCUT2D eigenvalue weighted by atomic mass is 16.5. The fourth-order valence-electron chi connectivity index (χ4n) is 1.35. The van der Waals surface area contributed by atoms with Crippen molar-refractivity contribution in [3.8, 4) is 11.7 Å². The molecule has 0 aliphatic rings. The lowest BCUT2D eigenvalue weighted by atomic mass is 10.3. The summed E-state index contributed by atoms with van der Waals surface area (Å²) in [5.41, 5.74) is 5.84. The molecule has 2 aromatic heterocycles. The molecule has 0 saturated carbocycles. The number of ether oxygens (including phenoxy) is 1. The van der Waals surface area contributed by atoms with Crippen LogP contribution < -0.4 is 5.73 Å². The molecular formula is C11H15N3O3. The van der Waals surface area contributed by atoms with Crippen LogP contribution in [0.3, 0.4) is 0 Å². The monoisotopic (exact) mass is 237 g/mol. The molecule has 17 heavy (non-hydrogen) atoms. The van der Waals surface area contributed by atoms with Crippen molar-refractivity contribution in [2.75, 3.05) is 13.2 Å². The minimum atomic E-state index is -0.386. The third-order valence-electron chi connectivity index (χ3n) is 2.23. The fourth-order valence-corrected chi connectivity index (χ4v) is 1.35. The summed E-state index contributed by atoms with van der Waals surface area (Å²) in [5, 5.41) is 3.80. The van der Waals surface area contributed by atoms with Crippen LogP contribution in [-0.2, 0) is 4.74 Å². The number of hydrogen-bond donors (Lipinski definition) is 1. The number of nitrogens with two attached hydrogens (primary N) is 1. The van der Waals surface area contributed by atoms with Crippen molar-refractivity contribution in [2.24, 2.45) is 5.73 Å². The molecule has 0 fully saturated rings. The molecule has 0 saturated heterocycles. The maximum atomic E-state index is 5.84. The van der Waals surface area contributed by atoms with Crippen LogP contribution in [-0.4, -0.2) is 23.4 Å². The first-order chi connectivity index (χ1) is 8.20. The molecule has 0 spiro atoms. The topological polar surface area (TPSA) is 87.3 Å². The molecule has 2 N–H and O–H groups in total. The Hall–Kier alpha value is -1.66. The van der Waals surface area contributed by atoms with Crippen molar-refractivity contribution < 1.29 is 13.7 Å². The van der Waals surface area contributed by atoms with E-state index in [9.17, 15) is 0 Å². The van der Waals surface area contributed by atoms with Crippen molar-refractivity contribution in [1.82, 2.24) is 10.1 Å². The average Bonchev–Trinajstić information content (AvgIpc) is 2.93. The van der Waals surface area contributed by atoms with Crippen LogP contribution in [0.4, 0.5) is 0 Å². The lowest BCUT2D eigenvalue weighted by molar-refractivity contribution is 0.130. The van der Waals surface area contributed by atoms with Gasteiger partial charge in [-0.2, -0.15) is 4.98 Å². The molecule has 2 rings (SSSR count). The van der Waals surface area contributed by atoms with Crippen LogP contribution in [0.25, 0.3) is 11.7 Å². The van der Waals surface area contributed by atoms with E-state index in [1.807, 2.05) is 19.9 Å². The zero-order valence-electron chi connectivity index (χ0n) is 9.84. The zero-order chi connectivity index (χ0) is 12.3. The van der Waals surface area contributed by atoms with Gasteiger partial charge in [0.05, 0.1) is 12.6 Å². The Morgan fingerprint density at radius 1 is 1.47 bits per heavy atom. The van der Waals surface area contributed by atoms with Crippen LogP contribution in [0.5, 0.6) is 0 Å². The van der Waals surface area contributed by atoms with Gasteiger partial charge in [0.2, 0.25) is 0 Å². The van der Waals surface area contributed by atoms with Gasteiger partial charge < -0.3 is 19.4 Å². The summed E-state index contributed by atoms with van der Waals surface area (Å²) in [6.07, 6.45) is 0. The molecule has 1 atom stereocenters. The molecule has 2 heterocycles. The Morgan fingerprint density at radius 3 is 2.94 bits per heavy atom. The second-order valence-corrected chi connectivity index (χ2v) is 3.63. The van der Waals surface area contributed by atoms with Gasteiger partial charge in [-0.15, -0.1) is 0 Å². The Balaban J connectivity index is 2.10. The number of aryl methyl sites for hydroxylation is 1. The Bertz CT molecular complexity index is 478. The van der Waals surface area contributed by atoms with E-state index in [1.54, 1.807) is 6.07 Å². The van der Waals surface area contributed by atoms with Crippen molar-refractivity contribution in [3.63, 3.8) is 0 Å². The first-order valence-electron chi connectivity index (χ1n) is 5.44. The number of furan rings is 1. The first kappa shape index (κ1) is 11.8. The second kappa shape index (κ2) is 5.11. The van der Waals surface area contributed by atoms with Crippen LogP contribution in [0, 0.1) is 6.92 Å². The lowest BCUT2D eigenvalue weighted by Crippen LogP contribution is -2.18. The minimum Gasteiger partial charge on any atom is -0.456 e. The van der Waals surface area contributed by atoms with Gasteiger partial charge in [-0.05, 0) is 26.0 Å². The second-order valence-electron chi connectivity index (χ2n) is 3.63. The third kappa shape index (κ3) is 2.72. The van der Waals surface area contributed by atoms with Gasteiger partial charge in [-0.1, -0.05) is 5.16 Å². The normalized spacial score (nSPS) is 12.9. The molecule has 92 valence electrons. The molecular weight excluding hydrogens is 222 g/mol. The molecule has 0 radical (unpaired) electrons. The first-order valence-corrected chi connectivity index (χ1v) is 5.44. The number of aromatic nitrogens is 2. The average molecular weight is 237 g/mol. The van der Waals surface area contributed by atoms with E-state index in [4.69, 9.17) is 19.4 Å². The molecule has 0 aliphatic carbocycles. The van der Waals surface area contributed by atoms with Crippen molar-refractivity contribution in [3.05, 3.63) is 23.7 Å². The zero-order valence-corrected chi connectivity index (χ0v) is 9.84. The molecule has 0 bridgehead atoms. The predicted octanol–water partition coefficient (Wildman–Crippen LogP) is 1.67. The van der Waals surface area contributed by atoms with Gasteiger partial charge in [0, 0.05) is 6.61 Å². The summed E-state index contributed by atoms with van der Waals surface area (Å²) in [6, 6.07) is 3.23. The van der Waals surface area contributed by atoms with Gasteiger partial charge in [0.1, 0.15) is 5.76 Å². The van der Waals surface area contributed by atoms with Gasteiger partial charge in [0.25, 0.3) is 5.89 Å². The summed E-state index contributed by atoms with van der Waals surface area (Å²) in [5.74, 6) is 2.09. The fraction of sp³-hybridized carbons (Fsp3) is 0.455. The maximum Gasteiger partial charge on any atom is 0.293 e. The third-order valence-corrected chi connectivity index (χ3v) is 2.23. The molecule has 2 aromatic rings. The summed E-state index contributed by atoms with van der Waals surface area (Å²) in [7, 11) is 0. The molecule has 1 unspecified atom stereocenters. The van der Waals surface area contributed by atoms with E-state index < -0.39 is 0 Å². The Kier molecular flexibility index (Phi) is 3.55. The van der Waals surface area contributed by atoms with Gasteiger partial charge in [-0.25, -0.2) is 0 Å². The summed E-state index contributed by atoms with van der Waals surface area (Å²) >= 11 is 0. The smallest absolute Gasteiger partial charge is 0.293 e. The van der Waals surface area contributed by atoms with E-state index in [0.29, 0.717) is 30.7 Å². The minimum absolute atomic E-state index is 0.333. The maximum absolute atomic E-state index is 5.84. The van der Waals surface area contributed by atoms with E-state index in [-0.39, 0.29) is 6.04 Å². The number of rotatable bonds is 5.